The smallest absolute Gasteiger partial charge is 0.340 e. The molecule has 0 saturated heterocycles. The van der Waals surface area contributed by atoms with Crippen LogP contribution in [0.3, 0.4) is 0 Å². The molecule has 1 aromatic heterocycles. The summed E-state index contributed by atoms with van der Waals surface area (Å²) in [5.74, 6) is -0.646. The van der Waals surface area contributed by atoms with Gasteiger partial charge in [-0.3, -0.25) is 0 Å². The van der Waals surface area contributed by atoms with Gasteiger partial charge in [-0.2, -0.15) is 0 Å². The monoisotopic (exact) mass is 327 g/mol. The Bertz CT molecular complexity index is 396. The molecule has 82 valence electrons. The number of carbonyl (C=O) groups excluding carboxylic acids is 1. The molecule has 15 heavy (non-hydrogen) atoms. The predicted molar refractivity (Wildman–Crippen MR) is 58.0 cm³/mol. The van der Waals surface area contributed by atoms with Crippen molar-refractivity contribution in [2.24, 2.45) is 0 Å². The van der Waals surface area contributed by atoms with E-state index < -0.39 is 12.4 Å². The van der Waals surface area contributed by atoms with E-state index in [2.05, 4.69) is 9.72 Å². The highest BCUT2D eigenvalue weighted by atomic mass is 127. The van der Waals surface area contributed by atoms with Gasteiger partial charge in [0.1, 0.15) is 3.70 Å². The molecule has 0 unspecified atom stereocenters. The topological polar surface area (TPSA) is 39.2 Å². The van der Waals surface area contributed by atoms with E-state index in [9.17, 15) is 13.6 Å². The van der Waals surface area contributed by atoms with Crippen LogP contribution in [-0.4, -0.2) is 18.1 Å². The van der Waals surface area contributed by atoms with Crippen molar-refractivity contribution in [3.8, 4) is 0 Å². The van der Waals surface area contributed by atoms with E-state index in [4.69, 9.17) is 0 Å². The molecular formula is C9H8F2INO2. The number of nitrogens with zero attached hydrogens (tertiary/aromatic N) is 1. The van der Waals surface area contributed by atoms with Gasteiger partial charge in [-0.1, -0.05) is 0 Å². The lowest BCUT2D eigenvalue weighted by Gasteiger charge is -2.10. The fraction of sp³-hybridized carbons (Fsp3) is 0.333. The van der Waals surface area contributed by atoms with Crippen molar-refractivity contribution >= 4 is 28.6 Å². The van der Waals surface area contributed by atoms with Crippen molar-refractivity contribution in [2.45, 2.75) is 13.3 Å². The molecular weight excluding hydrogens is 319 g/mol. The molecule has 1 aromatic rings. The summed E-state index contributed by atoms with van der Waals surface area (Å²) in [5, 5.41) is 0. The molecule has 0 radical (unpaired) electrons. The van der Waals surface area contributed by atoms with Gasteiger partial charge in [0, 0.05) is 11.8 Å². The molecule has 6 heteroatoms. The molecule has 0 aromatic carbocycles. The second-order valence-corrected chi connectivity index (χ2v) is 3.82. The number of hydrogen-bond donors (Lipinski definition) is 0. The molecule has 1 rings (SSSR count). The Balaban J connectivity index is 3.36. The normalized spacial score (nSPS) is 10.5. The number of aromatic nitrogens is 1. The van der Waals surface area contributed by atoms with Crippen molar-refractivity contribution in [2.75, 3.05) is 7.11 Å². The lowest BCUT2D eigenvalue weighted by molar-refractivity contribution is 0.0597. The summed E-state index contributed by atoms with van der Waals surface area (Å²) in [6.07, 6.45) is -1.56. The molecule has 0 spiro atoms. The Morgan fingerprint density at radius 2 is 2.20 bits per heavy atom. The van der Waals surface area contributed by atoms with E-state index >= 15 is 0 Å². The maximum absolute atomic E-state index is 12.5. The van der Waals surface area contributed by atoms with Gasteiger partial charge in [0.15, 0.2) is 0 Å². The maximum atomic E-state index is 12.5. The Labute approximate surface area is 99.0 Å². The van der Waals surface area contributed by atoms with Crippen molar-refractivity contribution in [3.05, 3.63) is 26.6 Å². The number of hydrogen-bond acceptors (Lipinski definition) is 3. The lowest BCUT2D eigenvalue weighted by Crippen LogP contribution is -2.10. The van der Waals surface area contributed by atoms with Crippen molar-refractivity contribution < 1.29 is 18.3 Å². The summed E-state index contributed by atoms with van der Waals surface area (Å²) in [6, 6.07) is 0. The molecule has 0 aliphatic carbocycles. The third kappa shape index (κ3) is 2.42. The zero-order valence-corrected chi connectivity index (χ0v) is 10.2. The first-order chi connectivity index (χ1) is 6.99. The van der Waals surface area contributed by atoms with Crippen molar-refractivity contribution in [3.63, 3.8) is 0 Å². The summed E-state index contributed by atoms with van der Waals surface area (Å²) in [6.45, 7) is 1.46. The summed E-state index contributed by atoms with van der Waals surface area (Å²) < 4.78 is 29.9. The summed E-state index contributed by atoms with van der Waals surface area (Å²) in [5.41, 5.74) is 0.0861. The Morgan fingerprint density at radius 1 is 1.60 bits per heavy atom. The van der Waals surface area contributed by atoms with Gasteiger partial charge in [0.05, 0.1) is 12.7 Å². The third-order valence-electron chi connectivity index (χ3n) is 1.96. The Kier molecular flexibility index (Phi) is 3.95. The van der Waals surface area contributed by atoms with Crippen LogP contribution in [0.4, 0.5) is 8.78 Å². The first kappa shape index (κ1) is 12.3. The number of methoxy groups -OCH3 is 1. The molecule has 0 amide bonds. The minimum absolute atomic E-state index is 0.107. The number of esters is 1. The number of halogens is 3. The molecule has 0 fully saturated rings. The lowest BCUT2D eigenvalue weighted by atomic mass is 10.1. The van der Waals surface area contributed by atoms with Gasteiger partial charge in [0.25, 0.3) is 6.43 Å². The predicted octanol–water partition coefficient (Wildman–Crippen LogP) is 2.72. The first-order valence-corrected chi connectivity index (χ1v) is 5.08. The average molecular weight is 327 g/mol. The van der Waals surface area contributed by atoms with Gasteiger partial charge in [-0.15, -0.1) is 0 Å². The zero-order valence-electron chi connectivity index (χ0n) is 8.05. The van der Waals surface area contributed by atoms with Crippen LogP contribution in [0.15, 0.2) is 6.20 Å². The Hall–Kier alpha value is -0.790. The van der Waals surface area contributed by atoms with Crippen LogP contribution in [0.25, 0.3) is 0 Å². The molecule has 1 heterocycles. The van der Waals surface area contributed by atoms with E-state index in [1.165, 1.54) is 14.0 Å². The Morgan fingerprint density at radius 3 is 2.67 bits per heavy atom. The third-order valence-corrected chi connectivity index (χ3v) is 2.77. The number of carbonyl (C=O) groups is 1. The highest BCUT2D eigenvalue weighted by Gasteiger charge is 2.21. The highest BCUT2D eigenvalue weighted by Crippen LogP contribution is 2.26. The van der Waals surface area contributed by atoms with Gasteiger partial charge in [-0.05, 0) is 35.1 Å². The van der Waals surface area contributed by atoms with Crippen LogP contribution < -0.4 is 0 Å². The fourth-order valence-corrected chi connectivity index (χ4v) is 1.91. The molecule has 0 aliphatic heterocycles. The van der Waals surface area contributed by atoms with Crippen LogP contribution in [-0.2, 0) is 4.74 Å². The van der Waals surface area contributed by atoms with Gasteiger partial charge < -0.3 is 4.74 Å². The van der Waals surface area contributed by atoms with Crippen LogP contribution in [0, 0.1) is 10.6 Å². The quantitative estimate of drug-likeness (QED) is 0.476. The van der Waals surface area contributed by atoms with E-state index in [-0.39, 0.29) is 16.7 Å². The van der Waals surface area contributed by atoms with E-state index in [0.29, 0.717) is 3.70 Å². The first-order valence-electron chi connectivity index (χ1n) is 4.00. The second kappa shape index (κ2) is 4.82. The van der Waals surface area contributed by atoms with E-state index in [0.717, 1.165) is 6.20 Å². The van der Waals surface area contributed by atoms with Crippen LogP contribution in [0.5, 0.6) is 0 Å². The SMILES string of the molecule is COC(=O)c1c(I)ncc(C(F)F)c1C. The number of rotatable bonds is 2. The number of alkyl halides is 2. The van der Waals surface area contributed by atoms with Gasteiger partial charge in [-0.25, -0.2) is 18.6 Å². The standard InChI is InChI=1S/C9H8F2INO2/c1-4-5(7(10)11)3-13-8(12)6(4)9(14)15-2/h3,7H,1-2H3. The summed E-state index contributed by atoms with van der Waals surface area (Å²) in [7, 11) is 1.20. The largest absolute Gasteiger partial charge is 0.465 e. The van der Waals surface area contributed by atoms with Crippen molar-refractivity contribution in [1.29, 1.82) is 0 Å². The van der Waals surface area contributed by atoms with Gasteiger partial charge in [0.2, 0.25) is 0 Å². The second-order valence-electron chi connectivity index (χ2n) is 2.80. The molecule has 0 atom stereocenters. The summed E-state index contributed by atoms with van der Waals surface area (Å²) in [4.78, 5) is 15.1. The van der Waals surface area contributed by atoms with Gasteiger partial charge >= 0.3 is 5.97 Å². The minimum atomic E-state index is -2.64. The fourth-order valence-electron chi connectivity index (χ4n) is 1.15. The zero-order chi connectivity index (χ0) is 11.6. The molecule has 0 saturated carbocycles. The molecule has 0 aliphatic rings. The minimum Gasteiger partial charge on any atom is -0.465 e. The van der Waals surface area contributed by atoms with E-state index in [1.54, 1.807) is 0 Å². The molecule has 0 N–H and O–H groups in total. The average Bonchev–Trinajstić information content (AvgIpc) is 2.16. The highest BCUT2D eigenvalue weighted by molar-refractivity contribution is 14.1. The summed E-state index contributed by atoms with van der Waals surface area (Å²) >= 11 is 1.81. The molecule has 3 nitrogen and oxygen atoms in total. The van der Waals surface area contributed by atoms with Crippen LogP contribution in [0.2, 0.25) is 0 Å². The number of pyridine rings is 1. The maximum Gasteiger partial charge on any atom is 0.340 e. The van der Waals surface area contributed by atoms with E-state index in [1.807, 2.05) is 22.6 Å². The van der Waals surface area contributed by atoms with Crippen LogP contribution in [0.1, 0.15) is 27.9 Å². The molecule has 0 bridgehead atoms. The number of ether oxygens (including phenoxy) is 1. The van der Waals surface area contributed by atoms with Crippen LogP contribution >= 0.6 is 22.6 Å². The van der Waals surface area contributed by atoms with Crippen molar-refractivity contribution in [1.82, 2.24) is 4.98 Å².